The number of likely N-dealkylation sites (tertiary alicyclic amines) is 1. The molecule has 1 fully saturated rings. The Morgan fingerprint density at radius 2 is 2.22 bits per heavy atom. The molecule has 1 saturated heterocycles. The fourth-order valence-electron chi connectivity index (χ4n) is 2.27. The smallest absolute Gasteiger partial charge is 0.223 e. The molecule has 1 amide bonds. The molecule has 1 aromatic heterocycles. The lowest BCUT2D eigenvalue weighted by molar-refractivity contribution is -0.128. The number of rotatable bonds is 2. The molecule has 0 N–H and O–H groups in total. The van der Waals surface area contributed by atoms with Crippen molar-refractivity contribution in [3.63, 3.8) is 0 Å². The van der Waals surface area contributed by atoms with Crippen molar-refractivity contribution in [3.8, 4) is 0 Å². The first-order valence-corrected chi connectivity index (χ1v) is 6.62. The van der Waals surface area contributed by atoms with E-state index in [0.29, 0.717) is 24.0 Å². The monoisotopic (exact) mass is 266 g/mol. The minimum Gasteiger partial charge on any atom is -0.338 e. The molecule has 1 aromatic rings. The van der Waals surface area contributed by atoms with Crippen LogP contribution in [0.4, 0.5) is 0 Å². The van der Waals surface area contributed by atoms with Gasteiger partial charge in [-0.15, -0.1) is 0 Å². The summed E-state index contributed by atoms with van der Waals surface area (Å²) in [6, 6.07) is 3.73. The molecule has 0 spiro atoms. The van der Waals surface area contributed by atoms with Crippen LogP contribution >= 0.6 is 11.6 Å². The van der Waals surface area contributed by atoms with Crippen LogP contribution in [0.1, 0.15) is 32.8 Å². The average molecular weight is 267 g/mol. The molecule has 1 unspecified atom stereocenters. The molecule has 0 bridgehead atoms. The third kappa shape index (κ3) is 3.02. The van der Waals surface area contributed by atoms with E-state index in [1.807, 2.05) is 17.0 Å². The molecule has 3 nitrogen and oxygen atoms in total. The number of carbonyl (C=O) groups excluding carboxylic acids is 1. The molecule has 1 aliphatic rings. The maximum atomic E-state index is 12.0. The normalized spacial score (nSPS) is 20.6. The number of hydrogen-bond donors (Lipinski definition) is 0. The fraction of sp³-hybridized carbons (Fsp3) is 0.571. The number of halogens is 1. The van der Waals surface area contributed by atoms with Gasteiger partial charge in [0.05, 0.1) is 0 Å². The lowest BCUT2D eigenvalue weighted by Crippen LogP contribution is -2.27. The van der Waals surface area contributed by atoms with Gasteiger partial charge in [-0.25, -0.2) is 4.98 Å². The third-order valence-corrected chi connectivity index (χ3v) is 3.81. The molecular weight excluding hydrogens is 248 g/mol. The van der Waals surface area contributed by atoms with E-state index in [0.717, 1.165) is 12.1 Å². The lowest BCUT2D eigenvalue weighted by Gasteiger charge is -2.26. The van der Waals surface area contributed by atoms with Crippen LogP contribution < -0.4 is 0 Å². The molecule has 1 atom stereocenters. The first kappa shape index (κ1) is 13.3. The lowest BCUT2D eigenvalue weighted by atomic mass is 9.80. The number of carbonyl (C=O) groups is 1. The van der Waals surface area contributed by atoms with E-state index in [9.17, 15) is 4.79 Å². The van der Waals surface area contributed by atoms with Crippen molar-refractivity contribution in [2.45, 2.75) is 33.7 Å². The molecule has 2 rings (SSSR count). The van der Waals surface area contributed by atoms with Gasteiger partial charge < -0.3 is 4.90 Å². The topological polar surface area (TPSA) is 33.2 Å². The van der Waals surface area contributed by atoms with Gasteiger partial charge in [0.1, 0.15) is 5.15 Å². The van der Waals surface area contributed by atoms with Crippen LogP contribution in [0.5, 0.6) is 0 Å². The van der Waals surface area contributed by atoms with Gasteiger partial charge >= 0.3 is 0 Å². The zero-order chi connectivity index (χ0) is 13.3. The van der Waals surface area contributed by atoms with Crippen LogP contribution in [0.15, 0.2) is 18.3 Å². The minimum atomic E-state index is 0.181. The molecule has 98 valence electrons. The highest BCUT2D eigenvalue weighted by atomic mass is 35.5. The summed E-state index contributed by atoms with van der Waals surface area (Å²) >= 11 is 5.85. The van der Waals surface area contributed by atoms with Gasteiger partial charge in [0, 0.05) is 25.7 Å². The van der Waals surface area contributed by atoms with Crippen molar-refractivity contribution in [1.82, 2.24) is 9.88 Å². The molecule has 0 saturated carbocycles. The van der Waals surface area contributed by atoms with Gasteiger partial charge in [-0.2, -0.15) is 0 Å². The van der Waals surface area contributed by atoms with Crippen LogP contribution in [0.2, 0.25) is 5.15 Å². The molecule has 0 radical (unpaired) electrons. The molecule has 18 heavy (non-hydrogen) atoms. The van der Waals surface area contributed by atoms with E-state index in [2.05, 4.69) is 25.8 Å². The highest BCUT2D eigenvalue weighted by Crippen LogP contribution is 2.34. The fourth-order valence-corrected chi connectivity index (χ4v) is 2.46. The summed E-state index contributed by atoms with van der Waals surface area (Å²) in [6.45, 7) is 8.04. The quantitative estimate of drug-likeness (QED) is 0.771. The molecule has 4 heteroatoms. The third-order valence-electron chi connectivity index (χ3n) is 3.60. The second kappa shape index (κ2) is 4.88. The largest absolute Gasteiger partial charge is 0.338 e. The summed E-state index contributed by atoms with van der Waals surface area (Å²) in [4.78, 5) is 17.9. The van der Waals surface area contributed by atoms with Gasteiger partial charge in [0.15, 0.2) is 0 Å². The van der Waals surface area contributed by atoms with E-state index in [4.69, 9.17) is 11.6 Å². The molecule has 2 heterocycles. The number of amides is 1. The van der Waals surface area contributed by atoms with Gasteiger partial charge in [0.25, 0.3) is 0 Å². The van der Waals surface area contributed by atoms with Crippen molar-refractivity contribution >= 4 is 17.5 Å². The maximum absolute atomic E-state index is 12.0. The second-order valence-corrected chi connectivity index (χ2v) is 6.42. The van der Waals surface area contributed by atoms with Crippen LogP contribution in [-0.2, 0) is 11.3 Å². The zero-order valence-corrected chi connectivity index (χ0v) is 11.9. The van der Waals surface area contributed by atoms with Crippen molar-refractivity contribution in [2.24, 2.45) is 11.3 Å². The Labute approximate surface area is 113 Å². The van der Waals surface area contributed by atoms with Crippen molar-refractivity contribution < 1.29 is 4.79 Å². The number of hydrogen-bond acceptors (Lipinski definition) is 2. The van der Waals surface area contributed by atoms with Crippen LogP contribution in [-0.4, -0.2) is 22.3 Å². The average Bonchev–Trinajstić information content (AvgIpc) is 2.60. The van der Waals surface area contributed by atoms with E-state index in [1.54, 1.807) is 6.20 Å². The summed E-state index contributed by atoms with van der Waals surface area (Å²) in [6.07, 6.45) is 2.34. The SMILES string of the molecule is CC(C)(C)C1CC(=O)N(Cc2ccnc(Cl)c2)C1. The standard InChI is InChI=1S/C14H19ClN2O/c1-14(2,3)11-7-13(18)17(9-11)8-10-4-5-16-12(15)6-10/h4-6,11H,7-9H2,1-3H3. The summed E-state index contributed by atoms with van der Waals surface area (Å²) < 4.78 is 0. The molecule has 0 aromatic carbocycles. The second-order valence-electron chi connectivity index (χ2n) is 6.03. The van der Waals surface area contributed by atoms with Crippen molar-refractivity contribution in [3.05, 3.63) is 29.0 Å². The Hall–Kier alpha value is -1.09. The summed E-state index contributed by atoms with van der Waals surface area (Å²) in [5.74, 6) is 0.671. The summed E-state index contributed by atoms with van der Waals surface area (Å²) in [5, 5.41) is 0.478. The highest BCUT2D eigenvalue weighted by molar-refractivity contribution is 6.29. The van der Waals surface area contributed by atoms with Crippen molar-refractivity contribution in [2.75, 3.05) is 6.54 Å². The highest BCUT2D eigenvalue weighted by Gasteiger charge is 2.36. The Kier molecular flexibility index (Phi) is 3.62. The first-order valence-electron chi connectivity index (χ1n) is 6.24. The van der Waals surface area contributed by atoms with Gasteiger partial charge in [-0.3, -0.25) is 4.79 Å². The molecular formula is C14H19ClN2O. The number of nitrogens with zero attached hydrogens (tertiary/aromatic N) is 2. The molecule has 0 aliphatic carbocycles. The Balaban J connectivity index is 2.05. The van der Waals surface area contributed by atoms with E-state index in [1.165, 1.54) is 0 Å². The van der Waals surface area contributed by atoms with Crippen molar-refractivity contribution in [1.29, 1.82) is 0 Å². The predicted molar refractivity (Wildman–Crippen MR) is 72.2 cm³/mol. The zero-order valence-electron chi connectivity index (χ0n) is 11.1. The Morgan fingerprint density at radius 1 is 1.50 bits per heavy atom. The van der Waals surface area contributed by atoms with Gasteiger partial charge in [0.2, 0.25) is 5.91 Å². The van der Waals surface area contributed by atoms with Crippen LogP contribution in [0.3, 0.4) is 0 Å². The first-order chi connectivity index (χ1) is 8.36. The Bertz CT molecular complexity index is 453. The summed E-state index contributed by atoms with van der Waals surface area (Å²) in [5.41, 5.74) is 1.22. The minimum absolute atomic E-state index is 0.181. The van der Waals surface area contributed by atoms with Crippen LogP contribution in [0.25, 0.3) is 0 Å². The van der Waals surface area contributed by atoms with Gasteiger partial charge in [-0.05, 0) is 29.0 Å². The molecule has 1 aliphatic heterocycles. The van der Waals surface area contributed by atoms with E-state index >= 15 is 0 Å². The van der Waals surface area contributed by atoms with E-state index < -0.39 is 0 Å². The van der Waals surface area contributed by atoms with Crippen LogP contribution in [0, 0.1) is 11.3 Å². The van der Waals surface area contributed by atoms with Gasteiger partial charge in [-0.1, -0.05) is 32.4 Å². The van der Waals surface area contributed by atoms with E-state index in [-0.39, 0.29) is 11.3 Å². The number of pyridine rings is 1. The Morgan fingerprint density at radius 3 is 2.78 bits per heavy atom. The predicted octanol–water partition coefficient (Wildman–Crippen LogP) is 3.13. The maximum Gasteiger partial charge on any atom is 0.223 e. The summed E-state index contributed by atoms with van der Waals surface area (Å²) in [7, 11) is 0. The number of aromatic nitrogens is 1.